The molecule has 24 heavy (non-hydrogen) atoms. The number of anilines is 1. The van der Waals surface area contributed by atoms with Crippen molar-refractivity contribution in [1.82, 2.24) is 14.6 Å². The molecule has 0 radical (unpaired) electrons. The van der Waals surface area contributed by atoms with Gasteiger partial charge in [0.25, 0.3) is 10.0 Å². The third kappa shape index (κ3) is 2.94. The number of sulfonamides is 1. The van der Waals surface area contributed by atoms with E-state index in [0.29, 0.717) is 27.8 Å². The highest BCUT2D eigenvalue weighted by molar-refractivity contribution is 7.92. The van der Waals surface area contributed by atoms with Crippen LogP contribution in [0.4, 0.5) is 5.69 Å². The van der Waals surface area contributed by atoms with E-state index in [9.17, 15) is 8.42 Å². The molecule has 0 aliphatic rings. The first-order valence-corrected chi connectivity index (χ1v) is 9.75. The standard InChI is InChI=1S/C14H15ClN4O3S2/c1-4-12-17-19-13(8(2)16-14(19)23-12)24(20,21)18-10-7-9(15)5-6-11(10)22-3/h5-7,18H,4H2,1-3H3. The molecule has 2 aromatic heterocycles. The van der Waals surface area contributed by atoms with Gasteiger partial charge in [0.05, 0.1) is 18.5 Å². The van der Waals surface area contributed by atoms with Crippen LogP contribution < -0.4 is 9.46 Å². The summed E-state index contributed by atoms with van der Waals surface area (Å²) < 4.78 is 34.8. The molecule has 1 N–H and O–H groups in total. The molecular weight excluding hydrogens is 372 g/mol. The highest BCUT2D eigenvalue weighted by Gasteiger charge is 2.26. The highest BCUT2D eigenvalue weighted by Crippen LogP contribution is 2.31. The molecule has 0 aliphatic heterocycles. The monoisotopic (exact) mass is 386 g/mol. The smallest absolute Gasteiger partial charge is 0.281 e. The van der Waals surface area contributed by atoms with Crippen LogP contribution in [-0.4, -0.2) is 30.1 Å². The topological polar surface area (TPSA) is 85.6 Å². The van der Waals surface area contributed by atoms with E-state index in [2.05, 4.69) is 14.8 Å². The number of nitrogens with zero attached hydrogens (tertiary/aromatic N) is 3. The molecule has 10 heteroatoms. The second-order valence-corrected chi connectivity index (χ2v) is 8.07. The van der Waals surface area contributed by atoms with Gasteiger partial charge in [-0.2, -0.15) is 18.0 Å². The predicted molar refractivity (Wildman–Crippen MR) is 93.8 cm³/mol. The Morgan fingerprint density at radius 1 is 1.42 bits per heavy atom. The minimum atomic E-state index is -3.92. The Labute approximate surface area is 148 Å². The summed E-state index contributed by atoms with van der Waals surface area (Å²) >= 11 is 7.32. The fourth-order valence-corrected chi connectivity index (χ4v) is 4.72. The second kappa shape index (κ2) is 6.23. The number of aryl methyl sites for hydroxylation is 2. The first-order chi connectivity index (χ1) is 11.4. The van der Waals surface area contributed by atoms with Crippen LogP contribution in [0.5, 0.6) is 5.75 Å². The zero-order valence-corrected chi connectivity index (χ0v) is 15.6. The van der Waals surface area contributed by atoms with Gasteiger partial charge in [0.15, 0.2) is 0 Å². The molecule has 3 rings (SSSR count). The van der Waals surface area contributed by atoms with E-state index in [4.69, 9.17) is 16.3 Å². The third-order valence-electron chi connectivity index (χ3n) is 3.33. The minimum Gasteiger partial charge on any atom is -0.495 e. The normalized spacial score (nSPS) is 11.8. The van der Waals surface area contributed by atoms with E-state index in [0.717, 1.165) is 5.01 Å². The summed E-state index contributed by atoms with van der Waals surface area (Å²) in [6.45, 7) is 3.59. The van der Waals surface area contributed by atoms with Crippen LogP contribution in [-0.2, 0) is 16.4 Å². The average Bonchev–Trinajstić information content (AvgIpc) is 3.02. The van der Waals surface area contributed by atoms with E-state index in [1.54, 1.807) is 19.1 Å². The number of aromatic nitrogens is 3. The van der Waals surface area contributed by atoms with Crippen LogP contribution in [0.25, 0.3) is 4.96 Å². The van der Waals surface area contributed by atoms with E-state index in [1.807, 2.05) is 6.92 Å². The zero-order chi connectivity index (χ0) is 17.5. The molecule has 0 amide bonds. The van der Waals surface area contributed by atoms with Gasteiger partial charge < -0.3 is 4.74 Å². The van der Waals surface area contributed by atoms with Gasteiger partial charge in [0, 0.05) is 5.02 Å². The summed E-state index contributed by atoms with van der Waals surface area (Å²) in [5.41, 5.74) is 0.634. The molecule has 0 spiro atoms. The van der Waals surface area contributed by atoms with Crippen molar-refractivity contribution in [3.05, 3.63) is 33.9 Å². The number of nitrogens with one attached hydrogen (secondary N) is 1. The van der Waals surface area contributed by atoms with Crippen molar-refractivity contribution >= 4 is 43.6 Å². The lowest BCUT2D eigenvalue weighted by molar-refractivity contribution is 0.417. The Kier molecular flexibility index (Phi) is 4.41. The van der Waals surface area contributed by atoms with Crippen LogP contribution >= 0.6 is 22.9 Å². The van der Waals surface area contributed by atoms with Crippen molar-refractivity contribution in [2.75, 3.05) is 11.8 Å². The van der Waals surface area contributed by atoms with Crippen molar-refractivity contribution in [3.63, 3.8) is 0 Å². The zero-order valence-electron chi connectivity index (χ0n) is 13.2. The first-order valence-electron chi connectivity index (χ1n) is 7.07. The maximum Gasteiger partial charge on any atom is 0.281 e. The maximum atomic E-state index is 12.9. The van der Waals surface area contributed by atoms with Crippen molar-refractivity contribution in [1.29, 1.82) is 0 Å². The van der Waals surface area contributed by atoms with Crippen LogP contribution in [0.2, 0.25) is 5.02 Å². The lowest BCUT2D eigenvalue weighted by Crippen LogP contribution is -2.17. The molecule has 0 unspecified atom stereocenters. The van der Waals surface area contributed by atoms with Gasteiger partial charge >= 0.3 is 0 Å². The van der Waals surface area contributed by atoms with E-state index in [1.165, 1.54) is 29.0 Å². The highest BCUT2D eigenvalue weighted by atomic mass is 35.5. The summed E-state index contributed by atoms with van der Waals surface area (Å²) in [5.74, 6) is 0.369. The number of imidazole rings is 1. The Hall–Kier alpha value is -1.84. The van der Waals surface area contributed by atoms with E-state index in [-0.39, 0.29) is 10.7 Å². The fourth-order valence-electron chi connectivity index (χ4n) is 2.27. The second-order valence-electron chi connectivity index (χ2n) is 5.00. The number of halogens is 1. The predicted octanol–water partition coefficient (Wildman–Crippen LogP) is 3.12. The number of benzene rings is 1. The maximum absolute atomic E-state index is 12.9. The van der Waals surface area contributed by atoms with Gasteiger partial charge in [-0.15, -0.1) is 0 Å². The molecule has 128 valence electrons. The Balaban J connectivity index is 2.10. The van der Waals surface area contributed by atoms with Crippen molar-refractivity contribution in [2.45, 2.75) is 25.3 Å². The number of hydrogen-bond donors (Lipinski definition) is 1. The van der Waals surface area contributed by atoms with Gasteiger partial charge in [-0.1, -0.05) is 29.9 Å². The molecule has 2 heterocycles. The van der Waals surface area contributed by atoms with Crippen LogP contribution in [0.15, 0.2) is 23.2 Å². The quantitative estimate of drug-likeness (QED) is 0.728. The Morgan fingerprint density at radius 2 is 2.17 bits per heavy atom. The van der Waals surface area contributed by atoms with Crippen LogP contribution in [0.1, 0.15) is 17.6 Å². The first kappa shape index (κ1) is 17.0. The summed E-state index contributed by atoms with van der Waals surface area (Å²) in [6.07, 6.45) is 0.710. The number of methoxy groups -OCH3 is 1. The van der Waals surface area contributed by atoms with E-state index >= 15 is 0 Å². The average molecular weight is 387 g/mol. The number of ether oxygens (including phenoxy) is 1. The summed E-state index contributed by atoms with van der Waals surface area (Å²) in [6, 6.07) is 4.70. The Morgan fingerprint density at radius 3 is 2.83 bits per heavy atom. The van der Waals surface area contributed by atoms with Crippen molar-refractivity contribution in [2.24, 2.45) is 0 Å². The third-order valence-corrected chi connectivity index (χ3v) is 6.08. The van der Waals surface area contributed by atoms with Gasteiger partial charge in [-0.25, -0.2) is 4.98 Å². The molecule has 0 saturated carbocycles. The van der Waals surface area contributed by atoms with Crippen LogP contribution in [0, 0.1) is 6.92 Å². The Bertz CT molecular complexity index is 1010. The number of hydrogen-bond acceptors (Lipinski definition) is 6. The molecule has 0 aliphatic carbocycles. The molecule has 0 bridgehead atoms. The van der Waals surface area contributed by atoms with E-state index < -0.39 is 10.0 Å². The minimum absolute atomic E-state index is 0.00970. The van der Waals surface area contributed by atoms with Gasteiger partial charge in [0.1, 0.15) is 10.8 Å². The summed E-state index contributed by atoms with van der Waals surface area (Å²) in [4.78, 5) is 4.84. The molecule has 3 aromatic rings. The molecule has 1 aromatic carbocycles. The van der Waals surface area contributed by atoms with Crippen LogP contribution in [0.3, 0.4) is 0 Å². The lowest BCUT2D eigenvalue weighted by atomic mass is 10.3. The summed E-state index contributed by atoms with van der Waals surface area (Å²) in [7, 11) is -2.46. The van der Waals surface area contributed by atoms with Crippen molar-refractivity contribution < 1.29 is 13.2 Å². The van der Waals surface area contributed by atoms with Gasteiger partial charge in [-0.05, 0) is 31.5 Å². The SMILES string of the molecule is CCc1nn2c(S(=O)(=O)Nc3cc(Cl)ccc3OC)c(C)nc2s1. The van der Waals surface area contributed by atoms with Gasteiger partial charge in [0.2, 0.25) is 9.99 Å². The van der Waals surface area contributed by atoms with Gasteiger partial charge in [-0.3, -0.25) is 4.72 Å². The lowest BCUT2D eigenvalue weighted by Gasteiger charge is -2.11. The largest absolute Gasteiger partial charge is 0.495 e. The fraction of sp³-hybridized carbons (Fsp3) is 0.286. The molecule has 0 fully saturated rings. The molecule has 7 nitrogen and oxygen atoms in total. The molecule has 0 atom stereocenters. The number of fused-ring (bicyclic) bond motifs is 1. The summed E-state index contributed by atoms with van der Waals surface area (Å²) in [5, 5.41) is 5.53. The molecule has 0 saturated heterocycles. The molecular formula is C14H15ClN4O3S2. The van der Waals surface area contributed by atoms with Crippen molar-refractivity contribution in [3.8, 4) is 5.75 Å². The number of rotatable bonds is 5.